The van der Waals surface area contributed by atoms with Crippen molar-refractivity contribution in [3.63, 3.8) is 0 Å². The van der Waals surface area contributed by atoms with Crippen LogP contribution in [0.25, 0.3) is 0 Å². The molecule has 5 nitrogen and oxygen atoms in total. The Balaban J connectivity index is 1.62. The van der Waals surface area contributed by atoms with Gasteiger partial charge in [-0.3, -0.25) is 4.79 Å². The van der Waals surface area contributed by atoms with Gasteiger partial charge in [-0.1, -0.05) is 58.7 Å². The summed E-state index contributed by atoms with van der Waals surface area (Å²) in [7, 11) is -3.03. The molecule has 1 amide bonds. The largest absolute Gasteiger partial charge is 0.435 e. The van der Waals surface area contributed by atoms with Gasteiger partial charge in [0.1, 0.15) is 0 Å². The summed E-state index contributed by atoms with van der Waals surface area (Å²) in [5, 5.41) is 3.77. The Labute approximate surface area is 222 Å². The fourth-order valence-corrected chi connectivity index (χ4v) is 6.67. The van der Waals surface area contributed by atoms with Crippen molar-refractivity contribution in [2.45, 2.75) is 36.9 Å². The molecule has 2 atom stereocenters. The average Bonchev–Trinajstić information content (AvgIpc) is 3.25. The quantitative estimate of drug-likeness (QED) is 0.327. The molecule has 1 heterocycles. The van der Waals surface area contributed by atoms with Gasteiger partial charge in [0.25, 0.3) is 11.5 Å². The second-order valence-corrected chi connectivity index (χ2v) is 11.9. The van der Waals surface area contributed by atoms with E-state index >= 15 is 0 Å². The van der Waals surface area contributed by atoms with E-state index < -0.39 is 33.8 Å². The maximum atomic E-state index is 14.2. The van der Waals surface area contributed by atoms with E-state index in [-0.39, 0.29) is 26.9 Å². The first-order chi connectivity index (χ1) is 17.2. The zero-order valence-corrected chi connectivity index (χ0v) is 22.2. The van der Waals surface area contributed by atoms with Gasteiger partial charge in [0, 0.05) is 33.8 Å². The van der Waals surface area contributed by atoms with Crippen LogP contribution in [0.3, 0.4) is 0 Å². The van der Waals surface area contributed by atoms with Crippen molar-refractivity contribution in [2.75, 3.05) is 6.26 Å². The van der Waals surface area contributed by atoms with Crippen LogP contribution in [0.5, 0.6) is 0 Å². The molecule has 0 N–H and O–H groups in total. The van der Waals surface area contributed by atoms with E-state index in [0.717, 1.165) is 23.3 Å². The molecule has 37 heavy (non-hydrogen) atoms. The van der Waals surface area contributed by atoms with Crippen molar-refractivity contribution in [3.8, 4) is 0 Å². The third-order valence-electron chi connectivity index (χ3n) is 6.02. The number of oxime groups is 1. The van der Waals surface area contributed by atoms with E-state index in [2.05, 4.69) is 9.52 Å². The number of hydrogen-bond acceptors (Lipinski definition) is 4. The number of rotatable bonds is 4. The summed E-state index contributed by atoms with van der Waals surface area (Å²) in [6.45, 7) is 3.59. The summed E-state index contributed by atoms with van der Waals surface area (Å²) in [5.41, 5.74) is -1.04. The number of benzene rings is 3. The molecule has 3 aromatic rings. The van der Waals surface area contributed by atoms with Gasteiger partial charge in [-0.15, -0.1) is 0 Å². The van der Waals surface area contributed by atoms with Crippen LogP contribution in [0.4, 0.5) is 13.2 Å². The van der Waals surface area contributed by atoms with Crippen molar-refractivity contribution >= 4 is 44.5 Å². The molecule has 0 aliphatic carbocycles. The second-order valence-electron chi connectivity index (χ2n) is 8.79. The Morgan fingerprint density at radius 3 is 2.14 bits per heavy atom. The highest BCUT2D eigenvalue weighted by atomic mass is 35.5. The SMILES string of the molecule is Cc1cccc(C)c1S(C)(=O)=NC(=O)c1ccc(C2=NOC(c3cc(Cl)cc(Cl)c3)(C(F)(F)F)C2)cc1. The molecule has 2 unspecified atom stereocenters. The molecule has 11 heteroatoms. The Hall–Kier alpha value is -2.88. The van der Waals surface area contributed by atoms with E-state index in [1.807, 2.05) is 6.07 Å². The summed E-state index contributed by atoms with van der Waals surface area (Å²) >= 11 is 11.9. The summed E-state index contributed by atoms with van der Waals surface area (Å²) in [4.78, 5) is 18.3. The lowest BCUT2D eigenvalue weighted by molar-refractivity contribution is -0.275. The summed E-state index contributed by atoms with van der Waals surface area (Å²) in [6, 6.07) is 14.7. The number of amides is 1. The number of carbonyl (C=O) groups is 1. The minimum absolute atomic E-state index is 0.0270. The fraction of sp³-hybridized carbons (Fsp3) is 0.231. The van der Waals surface area contributed by atoms with Gasteiger partial charge in [0.15, 0.2) is 0 Å². The Bertz CT molecular complexity index is 1510. The lowest BCUT2D eigenvalue weighted by atomic mass is 9.86. The summed E-state index contributed by atoms with van der Waals surface area (Å²) in [6.07, 6.45) is -4.05. The molecule has 0 radical (unpaired) electrons. The molecule has 0 aromatic heterocycles. The smallest absolute Gasteiger partial charge is 0.374 e. The van der Waals surface area contributed by atoms with E-state index in [4.69, 9.17) is 28.0 Å². The number of nitrogens with zero attached hydrogens (tertiary/aromatic N) is 2. The first kappa shape index (κ1) is 27.2. The van der Waals surface area contributed by atoms with E-state index in [9.17, 15) is 22.2 Å². The Morgan fingerprint density at radius 1 is 1.03 bits per heavy atom. The van der Waals surface area contributed by atoms with Gasteiger partial charge in [0.2, 0.25) is 0 Å². The zero-order chi connectivity index (χ0) is 27.2. The van der Waals surface area contributed by atoms with E-state index in [1.165, 1.54) is 36.6 Å². The average molecular weight is 569 g/mol. The third-order valence-corrected chi connectivity index (χ3v) is 8.38. The molecule has 3 aromatic carbocycles. The predicted molar refractivity (Wildman–Crippen MR) is 138 cm³/mol. The lowest BCUT2D eigenvalue weighted by Gasteiger charge is -2.29. The number of carbonyl (C=O) groups excluding carboxylic acids is 1. The summed E-state index contributed by atoms with van der Waals surface area (Å²) in [5.74, 6) is -0.704. The standard InChI is InChI=1S/C26H21Cl2F3N2O3S/c1-15-5-4-6-16(2)23(15)37(3,35)33-24(34)18-9-7-17(8-10-18)22-14-25(36-32-22,26(29,30)31)19-11-20(27)13-21(28)12-19/h4-13H,14H2,1-3H3. The number of halogens is 5. The van der Waals surface area contributed by atoms with Crippen LogP contribution in [0.1, 0.15) is 39.0 Å². The molecule has 0 spiro atoms. The topological polar surface area (TPSA) is 68.1 Å². The molecular weight excluding hydrogens is 548 g/mol. The molecule has 0 fully saturated rings. The summed E-state index contributed by atoms with van der Waals surface area (Å²) < 4.78 is 59.9. The van der Waals surface area contributed by atoms with Crippen LogP contribution in [0.2, 0.25) is 10.0 Å². The first-order valence-electron chi connectivity index (χ1n) is 10.9. The lowest BCUT2D eigenvalue weighted by Crippen LogP contribution is -2.42. The first-order valence-corrected chi connectivity index (χ1v) is 13.6. The van der Waals surface area contributed by atoms with Gasteiger partial charge in [-0.05, 0) is 60.9 Å². The highest BCUT2D eigenvalue weighted by Crippen LogP contribution is 2.49. The minimum Gasteiger partial charge on any atom is -0.374 e. The van der Waals surface area contributed by atoms with Gasteiger partial charge >= 0.3 is 6.18 Å². The van der Waals surface area contributed by atoms with E-state index in [0.29, 0.717) is 10.5 Å². The fourth-order valence-electron chi connectivity index (χ4n) is 4.30. The van der Waals surface area contributed by atoms with E-state index in [1.54, 1.807) is 26.0 Å². The monoisotopic (exact) mass is 568 g/mol. The van der Waals surface area contributed by atoms with Crippen molar-refractivity contribution in [1.29, 1.82) is 0 Å². The van der Waals surface area contributed by atoms with Crippen molar-refractivity contribution in [1.82, 2.24) is 0 Å². The molecule has 0 bridgehead atoms. The Kier molecular flexibility index (Phi) is 7.18. The number of aryl methyl sites for hydroxylation is 2. The normalized spacial score (nSPS) is 19.1. The van der Waals surface area contributed by atoms with Gasteiger partial charge < -0.3 is 4.84 Å². The molecule has 0 saturated heterocycles. The van der Waals surface area contributed by atoms with Crippen molar-refractivity contribution < 1.29 is 27.0 Å². The Morgan fingerprint density at radius 2 is 1.59 bits per heavy atom. The molecule has 1 aliphatic heterocycles. The van der Waals surface area contributed by atoms with Crippen molar-refractivity contribution in [3.05, 3.63) is 98.5 Å². The molecule has 1 aliphatic rings. The highest BCUT2D eigenvalue weighted by molar-refractivity contribution is 7.93. The van der Waals surface area contributed by atoms with Crippen LogP contribution in [-0.4, -0.2) is 28.3 Å². The number of hydrogen-bond donors (Lipinski definition) is 0. The van der Waals surface area contributed by atoms with Gasteiger partial charge in [-0.25, -0.2) is 4.21 Å². The highest BCUT2D eigenvalue weighted by Gasteiger charge is 2.62. The van der Waals surface area contributed by atoms with Crippen molar-refractivity contribution in [2.24, 2.45) is 9.52 Å². The molecule has 0 saturated carbocycles. The maximum absolute atomic E-state index is 14.2. The molecular formula is C26H21Cl2F3N2O3S. The maximum Gasteiger partial charge on any atom is 0.435 e. The molecule has 4 rings (SSSR count). The van der Waals surface area contributed by atoms with Crippen LogP contribution >= 0.6 is 23.2 Å². The van der Waals surface area contributed by atoms with Crippen LogP contribution in [0.15, 0.2) is 75.1 Å². The van der Waals surface area contributed by atoms with Crippen LogP contribution < -0.4 is 0 Å². The zero-order valence-electron chi connectivity index (χ0n) is 19.9. The van der Waals surface area contributed by atoms with Gasteiger partial charge in [0.05, 0.1) is 20.3 Å². The van der Waals surface area contributed by atoms with Crippen LogP contribution in [-0.2, 0) is 20.2 Å². The predicted octanol–water partition coefficient (Wildman–Crippen LogP) is 7.49. The molecule has 194 valence electrons. The minimum atomic E-state index is -4.82. The number of alkyl halides is 3. The van der Waals surface area contributed by atoms with Gasteiger partial charge in [-0.2, -0.15) is 17.5 Å². The second kappa shape index (κ2) is 9.78. The van der Waals surface area contributed by atoms with Crippen LogP contribution in [0, 0.1) is 13.8 Å². The third kappa shape index (κ3) is 5.26.